The average Bonchev–Trinajstić information content (AvgIpc) is 2.57. The van der Waals surface area contributed by atoms with Gasteiger partial charge in [-0.1, -0.05) is 12.1 Å². The van der Waals surface area contributed by atoms with E-state index in [0.29, 0.717) is 17.5 Å². The number of anilines is 5. The Kier molecular flexibility index (Phi) is 4.47. The van der Waals surface area contributed by atoms with Crippen LogP contribution in [-0.2, 0) is 0 Å². The van der Waals surface area contributed by atoms with E-state index in [4.69, 9.17) is 11.5 Å². The number of benzene rings is 2. The van der Waals surface area contributed by atoms with Crippen molar-refractivity contribution in [2.75, 3.05) is 16.4 Å². The van der Waals surface area contributed by atoms with Gasteiger partial charge in [0.2, 0.25) is 5.95 Å². The fourth-order valence-electron chi connectivity index (χ4n) is 2.27. The van der Waals surface area contributed by atoms with Gasteiger partial charge in [0.15, 0.2) is 0 Å². The number of amides is 1. The first-order valence-electron chi connectivity index (χ1n) is 7.64. The minimum Gasteiger partial charge on any atom is -0.399 e. The second kappa shape index (κ2) is 6.88. The van der Waals surface area contributed by atoms with Crippen LogP contribution < -0.4 is 22.1 Å². The highest BCUT2D eigenvalue weighted by atomic mass is 16.1. The molecule has 6 N–H and O–H groups in total. The van der Waals surface area contributed by atoms with Gasteiger partial charge in [-0.2, -0.15) is 4.98 Å². The Bertz CT molecular complexity index is 908. The minimum atomic E-state index is -0.603. The summed E-state index contributed by atoms with van der Waals surface area (Å²) in [5.74, 6) is 0.0742. The second-order valence-electron chi connectivity index (χ2n) is 5.56. The summed E-state index contributed by atoms with van der Waals surface area (Å²) < 4.78 is 0. The lowest BCUT2D eigenvalue weighted by Gasteiger charge is -2.12. The first-order valence-corrected chi connectivity index (χ1v) is 7.64. The maximum Gasteiger partial charge on any atom is 0.254 e. The highest BCUT2D eigenvalue weighted by Crippen LogP contribution is 2.22. The van der Waals surface area contributed by atoms with Gasteiger partial charge >= 0.3 is 0 Å². The van der Waals surface area contributed by atoms with Crippen LogP contribution in [0.1, 0.15) is 15.9 Å². The van der Waals surface area contributed by atoms with E-state index >= 15 is 0 Å². The van der Waals surface area contributed by atoms with Gasteiger partial charge in [-0.3, -0.25) is 4.79 Å². The molecule has 0 saturated heterocycles. The molecule has 0 aliphatic carbocycles. The number of carbonyl (C=O) groups is 1. The lowest BCUT2D eigenvalue weighted by atomic mass is 10.2. The van der Waals surface area contributed by atoms with E-state index in [2.05, 4.69) is 20.6 Å². The molecule has 0 radical (unpaired) electrons. The van der Waals surface area contributed by atoms with Gasteiger partial charge < -0.3 is 22.1 Å². The molecule has 0 aliphatic heterocycles. The third-order valence-electron chi connectivity index (χ3n) is 3.50. The molecule has 2 aromatic carbocycles. The fourth-order valence-corrected chi connectivity index (χ4v) is 2.27. The van der Waals surface area contributed by atoms with Crippen LogP contribution >= 0.6 is 0 Å². The average molecular weight is 334 g/mol. The fraction of sp³-hybridized carbons (Fsp3) is 0.0556. The van der Waals surface area contributed by atoms with Crippen LogP contribution in [0.4, 0.5) is 28.8 Å². The normalized spacial score (nSPS) is 10.3. The smallest absolute Gasteiger partial charge is 0.254 e. The molecule has 3 aromatic rings. The van der Waals surface area contributed by atoms with Gasteiger partial charge in [-0.15, -0.1) is 0 Å². The van der Waals surface area contributed by atoms with E-state index in [9.17, 15) is 4.79 Å². The zero-order valence-electron chi connectivity index (χ0n) is 13.7. The first kappa shape index (κ1) is 16.3. The van der Waals surface area contributed by atoms with Crippen molar-refractivity contribution >= 4 is 34.7 Å². The third-order valence-corrected chi connectivity index (χ3v) is 3.50. The Hall–Kier alpha value is -3.61. The topological polar surface area (TPSA) is 119 Å². The summed E-state index contributed by atoms with van der Waals surface area (Å²) in [6, 6.07) is 14.9. The van der Waals surface area contributed by atoms with E-state index in [0.717, 1.165) is 16.9 Å². The molecule has 0 spiro atoms. The zero-order valence-corrected chi connectivity index (χ0v) is 13.7. The Balaban J connectivity index is 1.91. The van der Waals surface area contributed by atoms with Gasteiger partial charge in [-0.25, -0.2) is 4.98 Å². The number of primary amides is 1. The van der Waals surface area contributed by atoms with Crippen molar-refractivity contribution in [1.82, 2.24) is 9.97 Å². The van der Waals surface area contributed by atoms with Gasteiger partial charge in [0, 0.05) is 23.3 Å². The summed E-state index contributed by atoms with van der Waals surface area (Å²) in [6.07, 6.45) is 1.40. The van der Waals surface area contributed by atoms with E-state index < -0.39 is 5.91 Å². The largest absolute Gasteiger partial charge is 0.399 e. The van der Waals surface area contributed by atoms with Gasteiger partial charge in [0.1, 0.15) is 11.4 Å². The Morgan fingerprint density at radius 1 is 1.04 bits per heavy atom. The Morgan fingerprint density at radius 2 is 1.80 bits per heavy atom. The van der Waals surface area contributed by atoms with Gasteiger partial charge in [-0.05, 0) is 48.9 Å². The molecular formula is C18H18N6O. The number of nitrogens with zero attached hydrogens (tertiary/aromatic N) is 2. The monoisotopic (exact) mass is 334 g/mol. The predicted octanol–water partition coefficient (Wildman–Crippen LogP) is 2.95. The molecule has 3 rings (SSSR count). The molecule has 7 nitrogen and oxygen atoms in total. The lowest BCUT2D eigenvalue weighted by Crippen LogP contribution is -2.15. The van der Waals surface area contributed by atoms with E-state index in [1.54, 1.807) is 12.1 Å². The number of hydrogen-bond acceptors (Lipinski definition) is 6. The summed E-state index contributed by atoms with van der Waals surface area (Å²) in [5.41, 5.74) is 14.6. The first-order chi connectivity index (χ1) is 12.0. The molecule has 1 aromatic heterocycles. The number of nitrogens with one attached hydrogen (secondary N) is 2. The second-order valence-corrected chi connectivity index (χ2v) is 5.56. The molecule has 1 amide bonds. The SMILES string of the molecule is Cc1cccc(Nc2nc(Nc3ccc(N)cc3)ncc2C(N)=O)c1. The summed E-state index contributed by atoms with van der Waals surface area (Å²) in [7, 11) is 0. The summed E-state index contributed by atoms with van der Waals surface area (Å²) in [4.78, 5) is 20.2. The molecule has 0 bridgehead atoms. The maximum atomic E-state index is 11.7. The lowest BCUT2D eigenvalue weighted by molar-refractivity contribution is 0.100. The molecule has 0 aliphatic rings. The molecule has 7 heteroatoms. The van der Waals surface area contributed by atoms with Crippen molar-refractivity contribution in [3.8, 4) is 0 Å². The molecule has 0 saturated carbocycles. The molecule has 0 unspecified atom stereocenters. The summed E-state index contributed by atoms with van der Waals surface area (Å²) >= 11 is 0. The van der Waals surface area contributed by atoms with Crippen molar-refractivity contribution in [2.45, 2.75) is 6.92 Å². The zero-order chi connectivity index (χ0) is 17.8. The van der Waals surface area contributed by atoms with Crippen LogP contribution in [0.25, 0.3) is 0 Å². The minimum absolute atomic E-state index is 0.212. The van der Waals surface area contributed by atoms with Crippen LogP contribution in [0.5, 0.6) is 0 Å². The number of rotatable bonds is 5. The third kappa shape index (κ3) is 4.03. The van der Waals surface area contributed by atoms with Crippen LogP contribution in [0, 0.1) is 6.92 Å². The Morgan fingerprint density at radius 3 is 2.48 bits per heavy atom. The highest BCUT2D eigenvalue weighted by molar-refractivity contribution is 5.98. The number of aryl methyl sites for hydroxylation is 1. The molecule has 1 heterocycles. The van der Waals surface area contributed by atoms with E-state index in [-0.39, 0.29) is 5.56 Å². The number of aromatic nitrogens is 2. The van der Waals surface area contributed by atoms with Crippen LogP contribution in [0.2, 0.25) is 0 Å². The standard InChI is InChI=1S/C18H18N6O/c1-11-3-2-4-14(9-11)22-17-15(16(20)25)10-21-18(24-17)23-13-7-5-12(19)6-8-13/h2-10H,19H2,1H3,(H2,20,25)(H2,21,22,23,24). The van der Waals surface area contributed by atoms with Crippen molar-refractivity contribution in [2.24, 2.45) is 5.73 Å². The molecule has 0 atom stereocenters. The summed E-state index contributed by atoms with van der Waals surface area (Å²) in [5, 5.41) is 6.18. The quantitative estimate of drug-likeness (QED) is 0.533. The molecule has 126 valence electrons. The summed E-state index contributed by atoms with van der Waals surface area (Å²) in [6.45, 7) is 1.98. The molecule has 25 heavy (non-hydrogen) atoms. The molecular weight excluding hydrogens is 316 g/mol. The van der Waals surface area contributed by atoms with Crippen LogP contribution in [0.15, 0.2) is 54.7 Å². The van der Waals surface area contributed by atoms with Crippen molar-refractivity contribution in [3.05, 3.63) is 65.9 Å². The number of nitrogens with two attached hydrogens (primary N) is 2. The van der Waals surface area contributed by atoms with Crippen molar-refractivity contribution in [3.63, 3.8) is 0 Å². The Labute approximate surface area is 145 Å². The number of hydrogen-bond donors (Lipinski definition) is 4. The number of carbonyl (C=O) groups excluding carboxylic acids is 1. The van der Waals surface area contributed by atoms with E-state index in [1.807, 2.05) is 43.3 Å². The predicted molar refractivity (Wildman–Crippen MR) is 99.1 cm³/mol. The van der Waals surface area contributed by atoms with Gasteiger partial charge in [0.05, 0.1) is 0 Å². The number of nitrogen functional groups attached to an aromatic ring is 1. The van der Waals surface area contributed by atoms with E-state index in [1.165, 1.54) is 6.20 Å². The van der Waals surface area contributed by atoms with Crippen LogP contribution in [0.3, 0.4) is 0 Å². The van der Waals surface area contributed by atoms with Crippen LogP contribution in [-0.4, -0.2) is 15.9 Å². The van der Waals surface area contributed by atoms with Gasteiger partial charge in [0.25, 0.3) is 5.91 Å². The van der Waals surface area contributed by atoms with Crippen molar-refractivity contribution in [1.29, 1.82) is 0 Å². The molecule has 0 fully saturated rings. The van der Waals surface area contributed by atoms with Crippen molar-refractivity contribution < 1.29 is 4.79 Å². The highest BCUT2D eigenvalue weighted by Gasteiger charge is 2.13. The maximum absolute atomic E-state index is 11.7.